The Morgan fingerprint density at radius 3 is 2.36 bits per heavy atom. The van der Waals surface area contributed by atoms with Crippen LogP contribution in [0.1, 0.15) is 83.3 Å². The highest BCUT2D eigenvalue weighted by Gasteiger charge is 2.39. The number of carbonyl (C=O) groups is 4. The van der Waals surface area contributed by atoms with Crippen LogP contribution < -0.4 is 45.6 Å². The minimum Gasteiger partial charge on any atom is -0.493 e. The SMILES string of the molecule is COc1cc2c(Oc3ccc(NC(=O)c4c(C)n(C)c5ccc(OC(F)(F)F)cc5c4=O)cc3F)ncnc2cc1OCCCC(=O)NC1CCC(C(=O)Nc2ccc3c(c2)CN(C2CCC(O)NC2O)C3=O)CC1. The molecule has 0 spiro atoms. The van der Waals surface area contributed by atoms with Crippen LogP contribution in [0.4, 0.5) is 28.9 Å². The number of rotatable bonds is 15. The quantitative estimate of drug-likeness (QED) is 0.0463. The predicted molar refractivity (Wildman–Crippen MR) is 263 cm³/mol. The van der Waals surface area contributed by atoms with E-state index in [0.29, 0.717) is 72.8 Å². The Morgan fingerprint density at radius 2 is 1.63 bits per heavy atom. The minimum absolute atomic E-state index is 0.0418. The third-order valence-electron chi connectivity index (χ3n) is 13.7. The Labute approximate surface area is 425 Å². The number of halogens is 4. The van der Waals surface area contributed by atoms with Crippen LogP contribution in [-0.4, -0.2) is 97.9 Å². The van der Waals surface area contributed by atoms with Crippen molar-refractivity contribution in [2.24, 2.45) is 13.0 Å². The number of aromatic nitrogens is 3. The van der Waals surface area contributed by atoms with E-state index in [-0.39, 0.29) is 94.5 Å². The largest absolute Gasteiger partial charge is 0.573 e. The molecule has 1 saturated heterocycles. The van der Waals surface area contributed by atoms with Gasteiger partial charge in [0.05, 0.1) is 41.6 Å². The number of fused-ring (bicyclic) bond motifs is 3. The number of pyridine rings is 1. The fourth-order valence-electron chi connectivity index (χ4n) is 9.81. The van der Waals surface area contributed by atoms with Crippen molar-refractivity contribution < 1.29 is 65.9 Å². The molecule has 3 unspecified atom stereocenters. The maximum absolute atomic E-state index is 15.6. The molecule has 2 aliphatic heterocycles. The first-order valence-electron chi connectivity index (χ1n) is 24.1. The van der Waals surface area contributed by atoms with Gasteiger partial charge in [-0.05, 0) is 112 Å². The number of nitrogens with one attached hydrogen (secondary N) is 4. The Hall–Kier alpha value is -7.89. The van der Waals surface area contributed by atoms with Crippen LogP contribution in [0.2, 0.25) is 0 Å². The molecule has 3 atom stereocenters. The summed E-state index contributed by atoms with van der Waals surface area (Å²) in [7, 11) is 2.96. The molecule has 2 fully saturated rings. The average molecular weight is 1040 g/mol. The molecule has 4 aromatic carbocycles. The average Bonchev–Trinajstić information content (AvgIpc) is 3.69. The number of aliphatic hydroxyl groups excluding tert-OH is 2. The molecule has 1 saturated carbocycles. The van der Waals surface area contributed by atoms with Gasteiger partial charge in [0, 0.05) is 66.7 Å². The number of piperidine rings is 1. The summed E-state index contributed by atoms with van der Waals surface area (Å²) >= 11 is 0. The highest BCUT2D eigenvalue weighted by molar-refractivity contribution is 6.07. The summed E-state index contributed by atoms with van der Waals surface area (Å²) in [5, 5.41) is 31.6. The van der Waals surface area contributed by atoms with Crippen molar-refractivity contribution in [2.75, 3.05) is 24.4 Å². The van der Waals surface area contributed by atoms with E-state index >= 15 is 4.39 Å². The highest BCUT2D eigenvalue weighted by Crippen LogP contribution is 2.38. The molecule has 2 aromatic heterocycles. The fourth-order valence-corrected chi connectivity index (χ4v) is 9.81. The molecular formula is C52H52F4N8O11. The molecule has 19 nitrogen and oxygen atoms in total. The fraction of sp³-hybridized carbons (Fsp3) is 0.365. The van der Waals surface area contributed by atoms with Crippen molar-refractivity contribution in [1.29, 1.82) is 0 Å². The normalized spacial score (nSPS) is 19.6. The van der Waals surface area contributed by atoms with E-state index in [0.717, 1.165) is 23.8 Å². The number of methoxy groups -OCH3 is 1. The molecular weight excluding hydrogens is 989 g/mol. The molecule has 6 N–H and O–H groups in total. The molecule has 4 amide bonds. The van der Waals surface area contributed by atoms with Gasteiger partial charge in [0.1, 0.15) is 30.1 Å². The Kier molecular flexibility index (Phi) is 14.9. The number of aryl methyl sites for hydroxylation is 1. The summed E-state index contributed by atoms with van der Waals surface area (Å²) in [5.74, 6) is -2.96. The first-order valence-corrected chi connectivity index (χ1v) is 24.1. The summed E-state index contributed by atoms with van der Waals surface area (Å²) in [6.45, 7) is 1.92. The van der Waals surface area contributed by atoms with Gasteiger partial charge in [-0.2, -0.15) is 0 Å². The van der Waals surface area contributed by atoms with Gasteiger partial charge >= 0.3 is 6.36 Å². The van der Waals surface area contributed by atoms with Gasteiger partial charge in [-0.3, -0.25) is 29.3 Å². The van der Waals surface area contributed by atoms with Gasteiger partial charge in [-0.1, -0.05) is 0 Å². The lowest BCUT2D eigenvalue weighted by Gasteiger charge is -2.37. The van der Waals surface area contributed by atoms with E-state index in [1.54, 1.807) is 35.2 Å². The molecule has 75 heavy (non-hydrogen) atoms. The number of nitrogens with zero attached hydrogens (tertiary/aromatic N) is 4. The Balaban J connectivity index is 0.743. The number of anilines is 2. The standard InChI is InChI=1S/C52H52F4N8O11/c1-26-45(46(67)35-21-32(75-52(54,55)56)12-14-38(35)63(26)2)49(70)61-31-11-16-40(36(53)20-31)74-50-34-22-41(72-3)42(23-37(34)57-25-58-50)73-18-4-5-43(65)59-29-8-6-27(7-9-29)47(68)60-30-10-13-33-28(19-30)24-64(51(33)71)39-15-17-44(66)62-48(39)69/h10-14,16,19-23,25,27,29,39,44,48,62,66,69H,4-9,15,17-18,24H2,1-3H3,(H,59,65)(H,60,68)(H,61,70). The van der Waals surface area contributed by atoms with Crippen molar-refractivity contribution in [3.63, 3.8) is 0 Å². The minimum atomic E-state index is -5.00. The lowest BCUT2D eigenvalue weighted by molar-refractivity contribution is -0.274. The van der Waals surface area contributed by atoms with E-state index in [1.165, 1.54) is 50.2 Å². The van der Waals surface area contributed by atoms with Crippen molar-refractivity contribution in [2.45, 2.75) is 95.7 Å². The van der Waals surface area contributed by atoms with Gasteiger partial charge in [0.2, 0.25) is 23.1 Å². The number of benzene rings is 4. The van der Waals surface area contributed by atoms with E-state index in [4.69, 9.17) is 14.2 Å². The second kappa shape index (κ2) is 21.5. The predicted octanol–water partition coefficient (Wildman–Crippen LogP) is 6.70. The Bertz CT molecular complexity index is 3270. The van der Waals surface area contributed by atoms with Crippen molar-refractivity contribution in [3.05, 3.63) is 111 Å². The van der Waals surface area contributed by atoms with Gasteiger partial charge in [0.25, 0.3) is 11.8 Å². The summed E-state index contributed by atoms with van der Waals surface area (Å²) in [5.41, 5.74) is 1.38. The molecule has 0 bridgehead atoms. The molecule has 9 rings (SSSR count). The van der Waals surface area contributed by atoms with Crippen LogP contribution in [0.15, 0.2) is 77.9 Å². The second-order valence-corrected chi connectivity index (χ2v) is 18.6. The van der Waals surface area contributed by atoms with Crippen molar-refractivity contribution in [3.8, 4) is 28.9 Å². The first kappa shape index (κ1) is 52.0. The number of alkyl halides is 3. The zero-order chi connectivity index (χ0) is 53.3. The molecule has 1 aliphatic carbocycles. The van der Waals surface area contributed by atoms with Crippen molar-refractivity contribution in [1.82, 2.24) is 30.1 Å². The summed E-state index contributed by atoms with van der Waals surface area (Å²) < 4.78 is 77.1. The smallest absolute Gasteiger partial charge is 0.493 e. The van der Waals surface area contributed by atoms with Crippen LogP contribution in [0, 0.1) is 18.7 Å². The Morgan fingerprint density at radius 1 is 0.867 bits per heavy atom. The van der Waals surface area contributed by atoms with E-state index in [2.05, 4.69) is 36.0 Å². The van der Waals surface area contributed by atoms with Crippen LogP contribution in [0.3, 0.4) is 0 Å². The molecule has 4 heterocycles. The van der Waals surface area contributed by atoms with E-state index in [1.807, 2.05) is 0 Å². The zero-order valence-electron chi connectivity index (χ0n) is 40.8. The number of ether oxygens (including phenoxy) is 4. The number of amides is 4. The topological polar surface area (TPSA) is 245 Å². The molecule has 0 radical (unpaired) electrons. The van der Waals surface area contributed by atoms with Crippen LogP contribution in [-0.2, 0) is 23.2 Å². The van der Waals surface area contributed by atoms with Gasteiger partial charge in [-0.25, -0.2) is 14.4 Å². The van der Waals surface area contributed by atoms with Gasteiger partial charge in [-0.15, -0.1) is 13.2 Å². The van der Waals surface area contributed by atoms with Crippen LogP contribution >= 0.6 is 0 Å². The van der Waals surface area contributed by atoms with Crippen LogP contribution in [0.25, 0.3) is 21.8 Å². The van der Waals surface area contributed by atoms with E-state index < -0.39 is 47.8 Å². The maximum atomic E-state index is 15.6. The second-order valence-electron chi connectivity index (χ2n) is 18.6. The first-order chi connectivity index (χ1) is 35.8. The summed E-state index contributed by atoms with van der Waals surface area (Å²) in [6.07, 6.45) is -1.88. The third-order valence-corrected chi connectivity index (χ3v) is 13.7. The summed E-state index contributed by atoms with van der Waals surface area (Å²) in [4.78, 5) is 76.3. The maximum Gasteiger partial charge on any atom is 0.573 e. The number of aliphatic hydroxyl groups is 2. The lowest BCUT2D eigenvalue weighted by Crippen LogP contribution is -2.56. The molecule has 23 heteroatoms. The lowest BCUT2D eigenvalue weighted by atomic mass is 9.85. The van der Waals surface area contributed by atoms with Crippen LogP contribution in [0.5, 0.6) is 28.9 Å². The monoisotopic (exact) mass is 1040 g/mol. The van der Waals surface area contributed by atoms with Gasteiger partial charge < -0.3 is 54.6 Å². The summed E-state index contributed by atoms with van der Waals surface area (Å²) in [6, 6.07) is 14.5. The molecule has 3 aliphatic rings. The number of hydrogen-bond donors (Lipinski definition) is 6. The number of hydrogen-bond acceptors (Lipinski definition) is 14. The van der Waals surface area contributed by atoms with Gasteiger partial charge in [0.15, 0.2) is 23.1 Å². The van der Waals surface area contributed by atoms with Crippen molar-refractivity contribution >= 4 is 56.8 Å². The third kappa shape index (κ3) is 11.4. The highest BCUT2D eigenvalue weighted by atomic mass is 19.4. The molecule has 394 valence electrons. The number of carbonyl (C=O) groups excluding carboxylic acids is 4. The van der Waals surface area contributed by atoms with E-state index in [9.17, 15) is 47.4 Å². The zero-order valence-corrected chi connectivity index (χ0v) is 40.8. The molecule has 6 aromatic rings.